The largest absolute Gasteiger partial charge is 0.383 e. The SMILES string of the molecule is Nc1cc(NCC(=O)N2CCCCC2)nc(N)n1. The molecule has 5 N–H and O–H groups in total. The number of aromatic nitrogens is 2. The maximum absolute atomic E-state index is 11.9. The van der Waals surface area contributed by atoms with Gasteiger partial charge in [-0.05, 0) is 19.3 Å². The van der Waals surface area contributed by atoms with Crippen LogP contribution in [0.5, 0.6) is 0 Å². The number of hydrogen-bond donors (Lipinski definition) is 3. The normalized spacial score (nSPS) is 15.4. The van der Waals surface area contributed by atoms with Crippen LogP contribution in [0.3, 0.4) is 0 Å². The van der Waals surface area contributed by atoms with E-state index < -0.39 is 0 Å². The van der Waals surface area contributed by atoms with Gasteiger partial charge in [0.05, 0.1) is 6.54 Å². The van der Waals surface area contributed by atoms with E-state index in [2.05, 4.69) is 15.3 Å². The number of nitrogen functional groups attached to an aromatic ring is 2. The van der Waals surface area contributed by atoms with Crippen molar-refractivity contribution in [3.63, 3.8) is 0 Å². The van der Waals surface area contributed by atoms with Gasteiger partial charge in [0.2, 0.25) is 11.9 Å². The average Bonchev–Trinajstić information content (AvgIpc) is 2.36. The minimum atomic E-state index is 0.0745. The highest BCUT2D eigenvalue weighted by Crippen LogP contribution is 2.11. The van der Waals surface area contributed by atoms with Crippen LogP contribution >= 0.6 is 0 Å². The zero-order valence-corrected chi connectivity index (χ0v) is 10.2. The predicted molar refractivity (Wildman–Crippen MR) is 69.8 cm³/mol. The fraction of sp³-hybridized carbons (Fsp3) is 0.545. The lowest BCUT2D eigenvalue weighted by Crippen LogP contribution is -2.39. The number of nitrogens with one attached hydrogen (secondary N) is 1. The Labute approximate surface area is 106 Å². The van der Waals surface area contributed by atoms with E-state index in [1.165, 1.54) is 6.42 Å². The third-order valence-corrected chi connectivity index (χ3v) is 2.89. The van der Waals surface area contributed by atoms with Crippen LogP contribution in [-0.4, -0.2) is 40.4 Å². The Morgan fingerprint density at radius 1 is 1.28 bits per heavy atom. The van der Waals surface area contributed by atoms with Crippen molar-refractivity contribution in [2.75, 3.05) is 36.4 Å². The lowest BCUT2D eigenvalue weighted by molar-refractivity contribution is -0.130. The number of piperidine rings is 1. The van der Waals surface area contributed by atoms with E-state index in [-0.39, 0.29) is 24.2 Å². The molecule has 1 aromatic heterocycles. The van der Waals surface area contributed by atoms with Crippen molar-refractivity contribution in [2.24, 2.45) is 0 Å². The number of nitrogens with two attached hydrogens (primary N) is 2. The van der Waals surface area contributed by atoms with Gasteiger partial charge in [-0.3, -0.25) is 4.79 Å². The Morgan fingerprint density at radius 2 is 2.00 bits per heavy atom. The summed E-state index contributed by atoms with van der Waals surface area (Å²) in [7, 11) is 0. The second kappa shape index (κ2) is 5.52. The van der Waals surface area contributed by atoms with Gasteiger partial charge in [0.25, 0.3) is 0 Å². The highest BCUT2D eigenvalue weighted by Gasteiger charge is 2.16. The van der Waals surface area contributed by atoms with E-state index in [1.54, 1.807) is 6.07 Å². The molecule has 2 rings (SSSR count). The van der Waals surface area contributed by atoms with Gasteiger partial charge >= 0.3 is 0 Å². The Kier molecular flexibility index (Phi) is 3.81. The van der Waals surface area contributed by atoms with E-state index in [0.29, 0.717) is 5.82 Å². The number of amides is 1. The number of anilines is 3. The van der Waals surface area contributed by atoms with E-state index in [4.69, 9.17) is 11.5 Å². The van der Waals surface area contributed by atoms with Gasteiger partial charge in [0.15, 0.2) is 0 Å². The molecule has 0 spiro atoms. The Balaban J connectivity index is 1.88. The van der Waals surface area contributed by atoms with Crippen LogP contribution in [0.25, 0.3) is 0 Å². The third-order valence-electron chi connectivity index (χ3n) is 2.89. The topological polar surface area (TPSA) is 110 Å². The first-order chi connectivity index (χ1) is 8.65. The highest BCUT2D eigenvalue weighted by molar-refractivity contribution is 5.80. The van der Waals surface area contributed by atoms with Gasteiger partial charge in [-0.2, -0.15) is 9.97 Å². The predicted octanol–water partition coefficient (Wildman–Crippen LogP) is 0.0654. The molecule has 1 fully saturated rings. The van der Waals surface area contributed by atoms with Crippen LogP contribution in [0.15, 0.2) is 6.07 Å². The molecule has 1 saturated heterocycles. The summed E-state index contributed by atoms with van der Waals surface area (Å²) in [6.45, 7) is 1.89. The summed E-state index contributed by atoms with van der Waals surface area (Å²) < 4.78 is 0. The summed E-state index contributed by atoms with van der Waals surface area (Å²) in [4.78, 5) is 21.5. The maximum Gasteiger partial charge on any atom is 0.241 e. The maximum atomic E-state index is 11.9. The lowest BCUT2D eigenvalue weighted by Gasteiger charge is -2.26. The van der Waals surface area contributed by atoms with Crippen molar-refractivity contribution < 1.29 is 4.79 Å². The van der Waals surface area contributed by atoms with Crippen LogP contribution in [0, 0.1) is 0 Å². The molecule has 7 nitrogen and oxygen atoms in total. The summed E-state index contributed by atoms with van der Waals surface area (Å²) >= 11 is 0. The van der Waals surface area contributed by atoms with Gasteiger partial charge < -0.3 is 21.7 Å². The van der Waals surface area contributed by atoms with Gasteiger partial charge in [-0.1, -0.05) is 0 Å². The zero-order valence-electron chi connectivity index (χ0n) is 10.2. The fourth-order valence-electron chi connectivity index (χ4n) is 2.00. The van der Waals surface area contributed by atoms with E-state index in [9.17, 15) is 4.79 Å². The van der Waals surface area contributed by atoms with Crippen molar-refractivity contribution in [3.8, 4) is 0 Å². The van der Waals surface area contributed by atoms with Crippen LogP contribution in [0.2, 0.25) is 0 Å². The second-order valence-electron chi connectivity index (χ2n) is 4.33. The summed E-state index contributed by atoms with van der Waals surface area (Å²) in [5.74, 6) is 0.939. The van der Waals surface area contributed by atoms with E-state index >= 15 is 0 Å². The molecule has 0 radical (unpaired) electrons. The second-order valence-corrected chi connectivity index (χ2v) is 4.33. The molecule has 7 heteroatoms. The molecule has 2 heterocycles. The smallest absolute Gasteiger partial charge is 0.241 e. The number of carbonyl (C=O) groups excluding carboxylic acids is 1. The Morgan fingerprint density at radius 3 is 2.67 bits per heavy atom. The van der Waals surface area contributed by atoms with Crippen molar-refractivity contribution in [3.05, 3.63) is 6.07 Å². The monoisotopic (exact) mass is 250 g/mol. The average molecular weight is 250 g/mol. The number of nitrogens with zero attached hydrogens (tertiary/aromatic N) is 3. The van der Waals surface area contributed by atoms with Gasteiger partial charge in [-0.15, -0.1) is 0 Å². The summed E-state index contributed by atoms with van der Waals surface area (Å²) in [6.07, 6.45) is 3.37. The lowest BCUT2D eigenvalue weighted by atomic mass is 10.1. The molecule has 98 valence electrons. The standard InChI is InChI=1S/C11H18N6O/c12-8-6-9(16-11(13)15-8)14-7-10(18)17-4-2-1-3-5-17/h6H,1-5,7H2,(H5,12,13,14,15,16). The number of carbonyl (C=O) groups is 1. The highest BCUT2D eigenvalue weighted by atomic mass is 16.2. The quantitative estimate of drug-likeness (QED) is 0.700. The van der Waals surface area contributed by atoms with Crippen molar-refractivity contribution in [1.29, 1.82) is 0 Å². The van der Waals surface area contributed by atoms with Crippen LogP contribution in [0.4, 0.5) is 17.6 Å². The molecule has 0 aliphatic carbocycles. The Hall–Kier alpha value is -2.05. The molecular weight excluding hydrogens is 232 g/mol. The molecule has 0 unspecified atom stereocenters. The number of likely N-dealkylation sites (tertiary alicyclic amines) is 1. The van der Waals surface area contributed by atoms with Crippen molar-refractivity contribution >= 4 is 23.5 Å². The third kappa shape index (κ3) is 3.22. The molecular formula is C11H18N6O. The summed E-state index contributed by atoms with van der Waals surface area (Å²) in [5.41, 5.74) is 11.0. The minimum Gasteiger partial charge on any atom is -0.383 e. The molecule has 0 bridgehead atoms. The molecule has 1 amide bonds. The van der Waals surface area contributed by atoms with Gasteiger partial charge in [-0.25, -0.2) is 0 Å². The molecule has 1 aliphatic heterocycles. The van der Waals surface area contributed by atoms with Gasteiger partial charge in [0, 0.05) is 19.2 Å². The molecule has 0 atom stereocenters. The zero-order chi connectivity index (χ0) is 13.0. The first-order valence-corrected chi connectivity index (χ1v) is 6.07. The molecule has 0 saturated carbocycles. The van der Waals surface area contributed by atoms with E-state index in [0.717, 1.165) is 25.9 Å². The number of hydrogen-bond acceptors (Lipinski definition) is 6. The number of rotatable bonds is 3. The van der Waals surface area contributed by atoms with Crippen molar-refractivity contribution in [1.82, 2.24) is 14.9 Å². The van der Waals surface area contributed by atoms with Gasteiger partial charge in [0.1, 0.15) is 11.6 Å². The molecule has 18 heavy (non-hydrogen) atoms. The fourth-order valence-corrected chi connectivity index (χ4v) is 2.00. The minimum absolute atomic E-state index is 0.0745. The van der Waals surface area contributed by atoms with Crippen molar-refractivity contribution in [2.45, 2.75) is 19.3 Å². The first kappa shape index (κ1) is 12.4. The summed E-state index contributed by atoms with van der Waals surface area (Å²) in [5, 5.41) is 2.92. The van der Waals surface area contributed by atoms with Crippen LogP contribution in [0.1, 0.15) is 19.3 Å². The summed E-state index contributed by atoms with van der Waals surface area (Å²) in [6, 6.07) is 1.56. The first-order valence-electron chi connectivity index (χ1n) is 6.07. The van der Waals surface area contributed by atoms with Crippen LogP contribution < -0.4 is 16.8 Å². The molecule has 1 aromatic rings. The Bertz CT molecular complexity index is 409. The van der Waals surface area contributed by atoms with Crippen LogP contribution in [-0.2, 0) is 4.79 Å². The molecule has 1 aliphatic rings. The van der Waals surface area contributed by atoms with E-state index in [1.807, 2.05) is 4.90 Å². The molecule has 0 aromatic carbocycles.